The first-order valence-electron chi connectivity index (χ1n) is 11.2. The maximum atomic E-state index is 13.5. The summed E-state index contributed by atoms with van der Waals surface area (Å²) in [7, 11) is 3.12. The minimum Gasteiger partial charge on any atom is -0.493 e. The average Bonchev–Trinajstić information content (AvgIpc) is 3.29. The lowest BCUT2D eigenvalue weighted by Gasteiger charge is -2.25. The zero-order valence-corrected chi connectivity index (χ0v) is 20.5. The van der Waals surface area contributed by atoms with E-state index in [1.54, 1.807) is 37.1 Å². The van der Waals surface area contributed by atoms with Crippen molar-refractivity contribution in [2.45, 2.75) is 45.9 Å². The smallest absolute Gasteiger partial charge is 0.252 e. The van der Waals surface area contributed by atoms with E-state index in [0.717, 1.165) is 10.9 Å². The summed E-state index contributed by atoms with van der Waals surface area (Å²) in [6, 6.07) is 11.7. The van der Waals surface area contributed by atoms with E-state index in [4.69, 9.17) is 9.47 Å². The van der Waals surface area contributed by atoms with Crippen LogP contribution in [0.15, 0.2) is 47.3 Å². The normalized spacial score (nSPS) is 11.9. The summed E-state index contributed by atoms with van der Waals surface area (Å²) in [5.74, 6) is 1.48. The molecule has 0 bridgehead atoms. The fourth-order valence-electron chi connectivity index (χ4n) is 3.98. The molecule has 0 aliphatic carbocycles. The van der Waals surface area contributed by atoms with Gasteiger partial charge in [0.15, 0.2) is 17.3 Å². The van der Waals surface area contributed by atoms with Crippen LogP contribution in [0.1, 0.15) is 37.7 Å². The number of aromatic amines is 1. The summed E-state index contributed by atoms with van der Waals surface area (Å²) < 4.78 is 26.0. The zero-order chi connectivity index (χ0) is 25.2. The topological polar surface area (TPSA) is 98.2 Å². The molecule has 0 spiro atoms. The molecule has 4 aromatic rings. The Morgan fingerprint density at radius 3 is 2.34 bits per heavy atom. The first-order valence-corrected chi connectivity index (χ1v) is 11.2. The summed E-state index contributed by atoms with van der Waals surface area (Å²) in [5.41, 5.74) is 1.62. The molecule has 0 atom stereocenters. The predicted octanol–water partition coefficient (Wildman–Crippen LogP) is 3.63. The number of nitrogens with zero attached hydrogens (tertiary/aromatic N) is 5. The van der Waals surface area contributed by atoms with E-state index < -0.39 is 0 Å². The lowest BCUT2D eigenvalue weighted by atomic mass is 10.1. The fourth-order valence-corrected chi connectivity index (χ4v) is 3.98. The molecule has 0 amide bonds. The molecule has 2 aromatic heterocycles. The van der Waals surface area contributed by atoms with E-state index in [-0.39, 0.29) is 16.9 Å². The Hall–Kier alpha value is -3.79. The van der Waals surface area contributed by atoms with Crippen LogP contribution >= 0.6 is 0 Å². The van der Waals surface area contributed by atoms with Crippen molar-refractivity contribution in [3.63, 3.8) is 0 Å². The third-order valence-electron chi connectivity index (χ3n) is 5.67. The maximum absolute atomic E-state index is 13.5. The van der Waals surface area contributed by atoms with Crippen LogP contribution < -0.4 is 15.0 Å². The van der Waals surface area contributed by atoms with Gasteiger partial charge in [-0.15, -0.1) is 5.10 Å². The minimum atomic E-state index is -0.309. The van der Waals surface area contributed by atoms with Crippen molar-refractivity contribution in [2.75, 3.05) is 14.2 Å². The number of aromatic nitrogens is 5. The Labute approximate surface area is 202 Å². The lowest BCUT2D eigenvalue weighted by molar-refractivity contribution is 0.223. The van der Waals surface area contributed by atoms with E-state index >= 15 is 0 Å². The molecule has 0 saturated carbocycles. The van der Waals surface area contributed by atoms with Gasteiger partial charge in [0.05, 0.1) is 31.8 Å². The van der Waals surface area contributed by atoms with Crippen LogP contribution in [0, 0.1) is 5.82 Å². The van der Waals surface area contributed by atoms with Crippen molar-refractivity contribution < 1.29 is 13.9 Å². The first kappa shape index (κ1) is 24.3. The van der Waals surface area contributed by atoms with Gasteiger partial charge in [0, 0.05) is 30.1 Å². The van der Waals surface area contributed by atoms with Gasteiger partial charge in [0.25, 0.3) is 5.56 Å². The lowest BCUT2D eigenvalue weighted by Crippen LogP contribution is -2.31. The second-order valence-electron chi connectivity index (χ2n) is 9.37. The van der Waals surface area contributed by atoms with E-state index in [2.05, 4.69) is 25.4 Å². The van der Waals surface area contributed by atoms with Gasteiger partial charge in [-0.1, -0.05) is 12.1 Å². The minimum absolute atomic E-state index is 0.204. The van der Waals surface area contributed by atoms with Gasteiger partial charge in [-0.3, -0.25) is 9.69 Å². The van der Waals surface area contributed by atoms with Crippen molar-refractivity contribution in [2.24, 2.45) is 0 Å². The molecule has 35 heavy (non-hydrogen) atoms. The SMILES string of the molecule is COc1cc2cc(CN(Cc3ccc(F)cc3)Cc3nnnn3C(C)(C)C)c(=O)[nH]c2cc1OC. The van der Waals surface area contributed by atoms with E-state index in [0.29, 0.717) is 48.0 Å². The summed E-state index contributed by atoms with van der Waals surface area (Å²) in [4.78, 5) is 18.0. The van der Waals surface area contributed by atoms with Gasteiger partial charge in [-0.2, -0.15) is 0 Å². The van der Waals surface area contributed by atoms with Gasteiger partial charge in [-0.25, -0.2) is 9.07 Å². The van der Waals surface area contributed by atoms with Crippen LogP contribution in [0.3, 0.4) is 0 Å². The summed E-state index contributed by atoms with van der Waals surface area (Å²) in [5, 5.41) is 13.0. The maximum Gasteiger partial charge on any atom is 0.252 e. The number of fused-ring (bicyclic) bond motifs is 1. The number of H-pyrrole nitrogens is 1. The highest BCUT2D eigenvalue weighted by Gasteiger charge is 2.22. The highest BCUT2D eigenvalue weighted by Crippen LogP contribution is 2.31. The molecule has 2 heterocycles. The summed E-state index contributed by atoms with van der Waals surface area (Å²) >= 11 is 0. The number of benzene rings is 2. The summed E-state index contributed by atoms with van der Waals surface area (Å²) in [6.45, 7) is 7.26. The molecule has 0 aliphatic heterocycles. The molecular formula is C25H29FN6O3. The van der Waals surface area contributed by atoms with Crippen LogP contribution in [0.2, 0.25) is 0 Å². The molecule has 184 valence electrons. The van der Waals surface area contributed by atoms with Gasteiger partial charge in [-0.05, 0) is 61.0 Å². The number of methoxy groups -OCH3 is 2. The second-order valence-corrected chi connectivity index (χ2v) is 9.37. The Morgan fingerprint density at radius 2 is 1.69 bits per heavy atom. The van der Waals surface area contributed by atoms with E-state index in [1.807, 2.05) is 32.9 Å². The molecule has 0 saturated heterocycles. The summed E-state index contributed by atoms with van der Waals surface area (Å²) in [6.07, 6.45) is 0. The Morgan fingerprint density at radius 1 is 1.00 bits per heavy atom. The van der Waals surface area contributed by atoms with Gasteiger partial charge in [0.2, 0.25) is 0 Å². The van der Waals surface area contributed by atoms with Crippen molar-refractivity contribution in [1.82, 2.24) is 30.1 Å². The Balaban J connectivity index is 1.70. The highest BCUT2D eigenvalue weighted by molar-refractivity contribution is 5.83. The van der Waals surface area contributed by atoms with Crippen LogP contribution in [0.25, 0.3) is 10.9 Å². The number of halogens is 1. The number of pyridine rings is 1. The van der Waals surface area contributed by atoms with Crippen molar-refractivity contribution in [3.05, 3.63) is 75.6 Å². The third kappa shape index (κ3) is 5.48. The highest BCUT2D eigenvalue weighted by atomic mass is 19.1. The van der Waals surface area contributed by atoms with Gasteiger partial charge < -0.3 is 14.5 Å². The molecule has 0 aliphatic rings. The van der Waals surface area contributed by atoms with E-state index in [1.165, 1.54) is 12.1 Å². The van der Waals surface area contributed by atoms with Crippen LogP contribution in [0.5, 0.6) is 11.5 Å². The van der Waals surface area contributed by atoms with Crippen LogP contribution in [-0.4, -0.2) is 44.3 Å². The Bertz CT molecular complexity index is 1370. The van der Waals surface area contributed by atoms with Crippen molar-refractivity contribution in [3.8, 4) is 11.5 Å². The quantitative estimate of drug-likeness (QED) is 0.411. The van der Waals surface area contributed by atoms with Crippen LogP contribution in [-0.2, 0) is 25.2 Å². The second kappa shape index (κ2) is 9.83. The number of ether oxygens (including phenoxy) is 2. The van der Waals surface area contributed by atoms with Gasteiger partial charge >= 0.3 is 0 Å². The molecule has 1 N–H and O–H groups in total. The van der Waals surface area contributed by atoms with Crippen LogP contribution in [0.4, 0.5) is 4.39 Å². The molecule has 0 fully saturated rings. The van der Waals surface area contributed by atoms with E-state index in [9.17, 15) is 9.18 Å². The third-order valence-corrected chi connectivity index (χ3v) is 5.67. The number of hydrogen-bond acceptors (Lipinski definition) is 7. The number of rotatable bonds is 8. The first-order chi connectivity index (χ1) is 16.7. The molecule has 0 radical (unpaired) electrons. The average molecular weight is 481 g/mol. The standard InChI is InChI=1S/C25H29FN6O3/c1-25(2,3)32-23(28-29-30-32)15-31(13-16-6-8-19(26)9-7-16)14-18-10-17-11-21(34-4)22(35-5)12-20(17)27-24(18)33/h6-12H,13-15H2,1-5H3,(H,27,33). The molecule has 4 rings (SSSR count). The van der Waals surface area contributed by atoms with Crippen molar-refractivity contribution >= 4 is 10.9 Å². The van der Waals surface area contributed by atoms with Crippen molar-refractivity contribution in [1.29, 1.82) is 0 Å². The molecule has 9 nitrogen and oxygen atoms in total. The van der Waals surface area contributed by atoms with Gasteiger partial charge in [0.1, 0.15) is 5.82 Å². The number of nitrogens with one attached hydrogen (secondary N) is 1. The number of hydrogen-bond donors (Lipinski definition) is 1. The monoisotopic (exact) mass is 480 g/mol. The molecule has 0 unspecified atom stereocenters. The predicted molar refractivity (Wildman–Crippen MR) is 130 cm³/mol. The number of tetrazole rings is 1. The Kier molecular flexibility index (Phi) is 6.83. The molecule has 10 heteroatoms. The zero-order valence-electron chi connectivity index (χ0n) is 20.5. The molecular weight excluding hydrogens is 451 g/mol. The molecule has 2 aromatic carbocycles. The largest absolute Gasteiger partial charge is 0.493 e. The fraction of sp³-hybridized carbons (Fsp3) is 0.360.